The monoisotopic (exact) mass is 292 g/mol. The molecule has 4 heteroatoms. The summed E-state index contributed by atoms with van der Waals surface area (Å²) in [5.41, 5.74) is 7.47. The Balaban J connectivity index is 2.02. The second kappa shape index (κ2) is 5.80. The minimum Gasteiger partial charge on any atom is -0.489 e. The van der Waals surface area contributed by atoms with Gasteiger partial charge in [0.25, 0.3) is 0 Å². The van der Waals surface area contributed by atoms with Gasteiger partial charge >= 0.3 is 0 Å². The molecule has 2 aromatic rings. The third-order valence-electron chi connectivity index (χ3n) is 2.29. The lowest BCUT2D eigenvalue weighted by atomic mass is 10.2. The molecule has 0 aliphatic rings. The second-order valence-electron chi connectivity index (χ2n) is 3.61. The minimum atomic E-state index is 0.425. The summed E-state index contributed by atoms with van der Waals surface area (Å²) in [6.07, 6.45) is 1.71. The topological polar surface area (TPSA) is 48.1 Å². The molecule has 0 aliphatic carbocycles. The molecule has 2 N–H and O–H groups in total. The second-order valence-corrected chi connectivity index (χ2v) is 4.52. The van der Waals surface area contributed by atoms with Gasteiger partial charge in [-0.05, 0) is 23.8 Å². The molecule has 0 saturated heterocycles. The Kier molecular flexibility index (Phi) is 4.12. The van der Waals surface area contributed by atoms with Gasteiger partial charge in [0.1, 0.15) is 12.4 Å². The molecule has 88 valence electrons. The van der Waals surface area contributed by atoms with Crippen molar-refractivity contribution >= 4 is 15.9 Å². The average Bonchev–Trinajstić information content (AvgIpc) is 2.37. The summed E-state index contributed by atoms with van der Waals surface area (Å²) in [6.45, 7) is 0.960. The minimum absolute atomic E-state index is 0.425. The Morgan fingerprint density at radius 2 is 2.12 bits per heavy atom. The van der Waals surface area contributed by atoms with Crippen molar-refractivity contribution < 1.29 is 4.74 Å². The van der Waals surface area contributed by atoms with Crippen LogP contribution in [0.15, 0.2) is 47.1 Å². The van der Waals surface area contributed by atoms with Crippen LogP contribution in [-0.2, 0) is 13.2 Å². The zero-order chi connectivity index (χ0) is 12.1. The van der Waals surface area contributed by atoms with Gasteiger partial charge < -0.3 is 10.5 Å². The summed E-state index contributed by atoms with van der Waals surface area (Å²) < 4.78 is 6.72. The molecule has 3 nitrogen and oxygen atoms in total. The normalized spacial score (nSPS) is 10.2. The van der Waals surface area contributed by atoms with Crippen LogP contribution in [0.5, 0.6) is 5.75 Å². The Labute approximate surface area is 109 Å². The van der Waals surface area contributed by atoms with Crippen LogP contribution in [0, 0.1) is 0 Å². The van der Waals surface area contributed by atoms with E-state index in [2.05, 4.69) is 20.9 Å². The van der Waals surface area contributed by atoms with Crippen molar-refractivity contribution in [3.8, 4) is 5.75 Å². The average molecular weight is 293 g/mol. The summed E-state index contributed by atoms with van der Waals surface area (Å²) >= 11 is 3.43. The van der Waals surface area contributed by atoms with Crippen LogP contribution in [-0.4, -0.2) is 4.98 Å². The molecule has 1 heterocycles. The smallest absolute Gasteiger partial charge is 0.123 e. The number of hydrogen-bond acceptors (Lipinski definition) is 3. The van der Waals surface area contributed by atoms with E-state index in [1.807, 2.05) is 36.4 Å². The number of benzene rings is 1. The fourth-order valence-electron chi connectivity index (χ4n) is 1.45. The van der Waals surface area contributed by atoms with Crippen molar-refractivity contribution in [2.24, 2.45) is 5.73 Å². The number of hydrogen-bond donors (Lipinski definition) is 1. The molecule has 0 radical (unpaired) electrons. The lowest BCUT2D eigenvalue weighted by Gasteiger charge is -2.07. The first-order valence-electron chi connectivity index (χ1n) is 5.30. The number of halogens is 1. The van der Waals surface area contributed by atoms with Crippen LogP contribution < -0.4 is 10.5 Å². The van der Waals surface area contributed by atoms with Crippen molar-refractivity contribution in [1.29, 1.82) is 0 Å². The molecule has 0 atom stereocenters. The predicted molar refractivity (Wildman–Crippen MR) is 70.6 cm³/mol. The standard InChI is InChI=1S/C13H13BrN2O/c14-11-3-1-2-10(6-11)9-17-13-4-5-16-12(7-13)8-15/h1-7H,8-9,15H2. The van der Waals surface area contributed by atoms with Crippen LogP contribution in [0.25, 0.3) is 0 Å². The van der Waals surface area contributed by atoms with Gasteiger partial charge in [-0.2, -0.15) is 0 Å². The molecular weight excluding hydrogens is 280 g/mol. The van der Waals surface area contributed by atoms with E-state index in [-0.39, 0.29) is 0 Å². The third-order valence-corrected chi connectivity index (χ3v) is 2.78. The summed E-state index contributed by atoms with van der Waals surface area (Å²) in [5.74, 6) is 0.792. The maximum Gasteiger partial charge on any atom is 0.123 e. The molecule has 17 heavy (non-hydrogen) atoms. The predicted octanol–water partition coefficient (Wildman–Crippen LogP) is 2.88. The summed E-state index contributed by atoms with van der Waals surface area (Å²) in [6, 6.07) is 11.7. The lowest BCUT2D eigenvalue weighted by molar-refractivity contribution is 0.305. The SMILES string of the molecule is NCc1cc(OCc2cccc(Br)c2)ccn1. The van der Waals surface area contributed by atoms with Crippen molar-refractivity contribution in [3.63, 3.8) is 0 Å². The van der Waals surface area contributed by atoms with E-state index in [1.54, 1.807) is 6.20 Å². The van der Waals surface area contributed by atoms with Crippen LogP contribution >= 0.6 is 15.9 Å². The van der Waals surface area contributed by atoms with E-state index in [4.69, 9.17) is 10.5 Å². The van der Waals surface area contributed by atoms with Crippen LogP contribution in [0.4, 0.5) is 0 Å². The number of ether oxygens (including phenoxy) is 1. The molecule has 1 aromatic carbocycles. The first-order valence-corrected chi connectivity index (χ1v) is 6.09. The number of rotatable bonds is 4. The Bertz CT molecular complexity index is 502. The molecule has 0 unspecified atom stereocenters. The molecular formula is C13H13BrN2O. The van der Waals surface area contributed by atoms with Crippen LogP contribution in [0.3, 0.4) is 0 Å². The first-order chi connectivity index (χ1) is 8.28. The van der Waals surface area contributed by atoms with Crippen LogP contribution in [0.2, 0.25) is 0 Å². The van der Waals surface area contributed by atoms with E-state index in [0.717, 1.165) is 21.5 Å². The molecule has 0 aliphatic heterocycles. The fourth-order valence-corrected chi connectivity index (χ4v) is 1.90. The highest BCUT2D eigenvalue weighted by atomic mass is 79.9. The summed E-state index contributed by atoms with van der Waals surface area (Å²) in [5, 5.41) is 0. The first kappa shape index (κ1) is 12.1. The highest BCUT2D eigenvalue weighted by Gasteiger charge is 1.98. The van der Waals surface area contributed by atoms with Crippen molar-refractivity contribution in [3.05, 3.63) is 58.3 Å². The van der Waals surface area contributed by atoms with Crippen molar-refractivity contribution in [2.45, 2.75) is 13.2 Å². The maximum absolute atomic E-state index is 5.67. The number of aromatic nitrogens is 1. The Morgan fingerprint density at radius 1 is 1.24 bits per heavy atom. The van der Waals surface area contributed by atoms with Gasteiger partial charge in [0.15, 0.2) is 0 Å². The van der Waals surface area contributed by atoms with Crippen LogP contribution in [0.1, 0.15) is 11.3 Å². The largest absolute Gasteiger partial charge is 0.489 e. The lowest BCUT2D eigenvalue weighted by Crippen LogP contribution is -2.01. The summed E-state index contributed by atoms with van der Waals surface area (Å²) in [7, 11) is 0. The quantitative estimate of drug-likeness (QED) is 0.943. The number of nitrogens with two attached hydrogens (primary N) is 1. The van der Waals surface area contributed by atoms with E-state index >= 15 is 0 Å². The van der Waals surface area contributed by atoms with Gasteiger partial charge in [-0.25, -0.2) is 0 Å². The molecule has 0 fully saturated rings. The van der Waals surface area contributed by atoms with E-state index in [1.165, 1.54) is 0 Å². The van der Waals surface area contributed by atoms with Gasteiger partial charge in [-0.3, -0.25) is 4.98 Å². The molecule has 1 aromatic heterocycles. The van der Waals surface area contributed by atoms with Gasteiger partial charge in [0.05, 0.1) is 5.69 Å². The van der Waals surface area contributed by atoms with Gasteiger partial charge in [-0.1, -0.05) is 28.1 Å². The van der Waals surface area contributed by atoms with Crippen molar-refractivity contribution in [1.82, 2.24) is 4.98 Å². The number of pyridine rings is 1. The highest BCUT2D eigenvalue weighted by molar-refractivity contribution is 9.10. The van der Waals surface area contributed by atoms with E-state index in [0.29, 0.717) is 13.2 Å². The van der Waals surface area contributed by atoms with Crippen molar-refractivity contribution in [2.75, 3.05) is 0 Å². The third kappa shape index (κ3) is 3.54. The number of nitrogens with zero attached hydrogens (tertiary/aromatic N) is 1. The fraction of sp³-hybridized carbons (Fsp3) is 0.154. The van der Waals surface area contributed by atoms with Gasteiger partial charge in [0, 0.05) is 23.3 Å². The van der Waals surface area contributed by atoms with E-state index < -0.39 is 0 Å². The molecule has 0 amide bonds. The van der Waals surface area contributed by atoms with E-state index in [9.17, 15) is 0 Å². The molecule has 0 bridgehead atoms. The highest BCUT2D eigenvalue weighted by Crippen LogP contribution is 2.15. The molecule has 0 spiro atoms. The molecule has 2 rings (SSSR count). The maximum atomic E-state index is 5.67. The molecule has 0 saturated carbocycles. The summed E-state index contributed by atoms with van der Waals surface area (Å²) in [4.78, 5) is 4.11. The zero-order valence-electron chi connectivity index (χ0n) is 9.27. The Hall–Kier alpha value is -1.39. The van der Waals surface area contributed by atoms with Gasteiger partial charge in [-0.15, -0.1) is 0 Å². The van der Waals surface area contributed by atoms with Gasteiger partial charge in [0.2, 0.25) is 0 Å². The Morgan fingerprint density at radius 3 is 2.88 bits per heavy atom. The zero-order valence-corrected chi connectivity index (χ0v) is 10.9.